The fraction of sp³-hybridized carbons (Fsp3) is 0.652. The smallest absolute Gasteiger partial charge is 0.303 e. The van der Waals surface area contributed by atoms with Crippen LogP contribution >= 0.6 is 0 Å². The highest BCUT2D eigenvalue weighted by Gasteiger charge is 2.33. The van der Waals surface area contributed by atoms with Crippen LogP contribution in [0.1, 0.15) is 47.0 Å². The summed E-state index contributed by atoms with van der Waals surface area (Å²) < 4.78 is 5.78. The van der Waals surface area contributed by atoms with Crippen LogP contribution in [0.3, 0.4) is 0 Å². The van der Waals surface area contributed by atoms with Crippen molar-refractivity contribution in [2.24, 2.45) is 16.7 Å². The number of nitrogens with one attached hydrogen (secondary N) is 1. The van der Waals surface area contributed by atoms with Crippen LogP contribution in [0.2, 0.25) is 0 Å². The summed E-state index contributed by atoms with van der Waals surface area (Å²) in [7, 11) is 1.71. The van der Waals surface area contributed by atoms with Crippen molar-refractivity contribution in [3.05, 3.63) is 30.6 Å². The van der Waals surface area contributed by atoms with E-state index in [0.29, 0.717) is 32.7 Å². The molecule has 8 heteroatoms. The Balaban J connectivity index is 0.000000683. The lowest BCUT2D eigenvalue weighted by Gasteiger charge is -2.29. The first-order chi connectivity index (χ1) is 14.4. The van der Waals surface area contributed by atoms with Crippen molar-refractivity contribution in [1.29, 1.82) is 0 Å². The van der Waals surface area contributed by atoms with Crippen molar-refractivity contribution in [1.82, 2.24) is 15.2 Å². The fourth-order valence-corrected chi connectivity index (χ4v) is 2.99. The quantitative estimate of drug-likeness (QED) is 0.585. The Bertz CT molecular complexity index is 680. The minimum atomic E-state index is -0.799. The van der Waals surface area contributed by atoms with Crippen molar-refractivity contribution in [3.8, 4) is 0 Å². The fourth-order valence-electron chi connectivity index (χ4n) is 2.99. The summed E-state index contributed by atoms with van der Waals surface area (Å²) in [6.45, 7) is 9.85. The average molecular weight is 436 g/mol. The van der Waals surface area contributed by atoms with Gasteiger partial charge in [0.15, 0.2) is 0 Å². The Kier molecular flexibility index (Phi) is 10.6. The molecule has 0 saturated carbocycles. The van der Waals surface area contributed by atoms with Crippen LogP contribution in [0.5, 0.6) is 0 Å². The number of carbonyl (C=O) groups excluding carboxylic acids is 2. The maximum Gasteiger partial charge on any atom is 0.303 e. The number of carbonyl (C=O) groups is 3. The predicted molar refractivity (Wildman–Crippen MR) is 118 cm³/mol. The standard InChI is InChI=1S/C18H32N2O5.C5H5N/c1-17(2,7-6-15(22)23)11-25-12-18(3,4)10-19-16(24)13-8-14(21)20(5)9-13;1-2-4-6-5-3-1/h13H,6-12H2,1-5H3,(H,19,24)(H,22,23);1-5H. The summed E-state index contributed by atoms with van der Waals surface area (Å²) in [5.74, 6) is -1.16. The van der Waals surface area contributed by atoms with E-state index in [1.807, 2.05) is 45.9 Å². The zero-order chi connectivity index (χ0) is 23.5. The second-order valence-electron chi connectivity index (χ2n) is 9.63. The van der Waals surface area contributed by atoms with Gasteiger partial charge in [-0.05, 0) is 24.0 Å². The first-order valence-electron chi connectivity index (χ1n) is 10.6. The van der Waals surface area contributed by atoms with Gasteiger partial charge in [-0.15, -0.1) is 0 Å². The summed E-state index contributed by atoms with van der Waals surface area (Å²) in [4.78, 5) is 39.7. The lowest BCUT2D eigenvalue weighted by Crippen LogP contribution is -2.40. The number of carboxylic acid groups (broad SMARTS) is 1. The predicted octanol–water partition coefficient (Wildman–Crippen LogP) is 2.60. The SMILES string of the molecule is CN1CC(C(=O)NCC(C)(C)COCC(C)(C)CCC(=O)O)CC1=O.c1ccncc1. The Morgan fingerprint density at radius 3 is 2.23 bits per heavy atom. The number of hydrogen-bond donors (Lipinski definition) is 2. The number of pyridine rings is 1. The lowest BCUT2D eigenvalue weighted by molar-refractivity contribution is -0.138. The van der Waals surface area contributed by atoms with E-state index in [4.69, 9.17) is 9.84 Å². The molecule has 2 N–H and O–H groups in total. The second kappa shape index (κ2) is 12.4. The summed E-state index contributed by atoms with van der Waals surface area (Å²) >= 11 is 0. The second-order valence-corrected chi connectivity index (χ2v) is 9.63. The summed E-state index contributed by atoms with van der Waals surface area (Å²) in [6.07, 6.45) is 4.46. The molecule has 1 saturated heterocycles. The van der Waals surface area contributed by atoms with Gasteiger partial charge >= 0.3 is 5.97 Å². The molecular formula is C23H37N3O5. The number of hydrogen-bond acceptors (Lipinski definition) is 5. The highest BCUT2D eigenvalue weighted by atomic mass is 16.5. The summed E-state index contributed by atoms with van der Waals surface area (Å²) in [6, 6.07) is 5.72. The third-order valence-electron chi connectivity index (χ3n) is 5.02. The number of aliphatic carboxylic acids is 1. The molecule has 8 nitrogen and oxygen atoms in total. The summed E-state index contributed by atoms with van der Waals surface area (Å²) in [5, 5.41) is 11.7. The summed E-state index contributed by atoms with van der Waals surface area (Å²) in [5.41, 5.74) is -0.445. The molecule has 1 aliphatic rings. The third kappa shape index (κ3) is 11.5. The van der Waals surface area contributed by atoms with E-state index in [0.717, 1.165) is 0 Å². The topological polar surface area (TPSA) is 109 Å². The molecule has 31 heavy (non-hydrogen) atoms. The van der Waals surface area contributed by atoms with E-state index in [9.17, 15) is 14.4 Å². The number of nitrogens with zero attached hydrogens (tertiary/aromatic N) is 2. The molecule has 0 aliphatic carbocycles. The van der Waals surface area contributed by atoms with Gasteiger partial charge < -0.3 is 20.1 Å². The Labute approximate surface area is 185 Å². The van der Waals surface area contributed by atoms with Crippen molar-refractivity contribution in [2.45, 2.75) is 47.0 Å². The number of rotatable bonds is 10. The van der Waals surface area contributed by atoms with Crippen molar-refractivity contribution in [3.63, 3.8) is 0 Å². The Morgan fingerprint density at radius 1 is 1.16 bits per heavy atom. The van der Waals surface area contributed by atoms with E-state index >= 15 is 0 Å². The molecule has 174 valence electrons. The lowest BCUT2D eigenvalue weighted by atomic mass is 9.88. The van der Waals surface area contributed by atoms with Gasteiger partial charge in [0.25, 0.3) is 0 Å². The molecule has 2 amide bonds. The van der Waals surface area contributed by atoms with E-state index in [2.05, 4.69) is 10.3 Å². The van der Waals surface area contributed by atoms with Crippen LogP contribution in [0.25, 0.3) is 0 Å². The molecule has 1 unspecified atom stereocenters. The third-order valence-corrected chi connectivity index (χ3v) is 5.02. The molecule has 0 radical (unpaired) electrons. The first kappa shape index (κ1) is 26.6. The molecular weight excluding hydrogens is 398 g/mol. The minimum absolute atomic E-state index is 0.00587. The van der Waals surface area contributed by atoms with Crippen LogP contribution in [0.15, 0.2) is 30.6 Å². The number of aromatic nitrogens is 1. The van der Waals surface area contributed by atoms with E-state index < -0.39 is 5.97 Å². The van der Waals surface area contributed by atoms with Gasteiger partial charge in [-0.25, -0.2) is 0 Å². The van der Waals surface area contributed by atoms with Gasteiger partial charge in [-0.1, -0.05) is 33.8 Å². The normalized spacial score (nSPS) is 16.5. The van der Waals surface area contributed by atoms with Gasteiger partial charge in [0, 0.05) is 50.8 Å². The van der Waals surface area contributed by atoms with Crippen molar-refractivity contribution < 1.29 is 24.2 Å². The number of ether oxygens (including phenoxy) is 1. The van der Waals surface area contributed by atoms with Crippen LogP contribution in [0, 0.1) is 16.7 Å². The highest BCUT2D eigenvalue weighted by Crippen LogP contribution is 2.24. The van der Waals surface area contributed by atoms with Crippen LogP contribution in [-0.4, -0.2) is 66.1 Å². The number of carboxylic acids is 1. The minimum Gasteiger partial charge on any atom is -0.481 e. The zero-order valence-electron chi connectivity index (χ0n) is 19.4. The largest absolute Gasteiger partial charge is 0.481 e. The zero-order valence-corrected chi connectivity index (χ0v) is 19.4. The number of amides is 2. The van der Waals surface area contributed by atoms with Crippen LogP contribution < -0.4 is 5.32 Å². The molecule has 0 bridgehead atoms. The van der Waals surface area contributed by atoms with E-state index in [1.54, 1.807) is 24.3 Å². The van der Waals surface area contributed by atoms with E-state index in [1.165, 1.54) is 0 Å². The maximum atomic E-state index is 12.2. The van der Waals surface area contributed by atoms with Gasteiger partial charge in [-0.2, -0.15) is 0 Å². The molecule has 1 aromatic heterocycles. The van der Waals surface area contributed by atoms with Crippen molar-refractivity contribution in [2.75, 3.05) is 33.4 Å². The van der Waals surface area contributed by atoms with Crippen molar-refractivity contribution >= 4 is 17.8 Å². The Morgan fingerprint density at radius 2 is 1.77 bits per heavy atom. The Hall–Kier alpha value is -2.48. The average Bonchev–Trinajstić information content (AvgIpc) is 3.05. The highest BCUT2D eigenvalue weighted by molar-refractivity contribution is 5.89. The monoisotopic (exact) mass is 435 g/mol. The molecule has 1 fully saturated rings. The van der Waals surface area contributed by atoms with Crippen LogP contribution in [0.4, 0.5) is 0 Å². The molecule has 2 rings (SSSR count). The van der Waals surface area contributed by atoms with Gasteiger partial charge in [-0.3, -0.25) is 19.4 Å². The van der Waals surface area contributed by atoms with Gasteiger partial charge in [0.1, 0.15) is 0 Å². The molecule has 2 heterocycles. The molecule has 1 atom stereocenters. The maximum absolute atomic E-state index is 12.2. The van der Waals surface area contributed by atoms with Crippen LogP contribution in [-0.2, 0) is 19.1 Å². The molecule has 1 aliphatic heterocycles. The van der Waals surface area contributed by atoms with Gasteiger partial charge in [0.05, 0.1) is 19.1 Å². The molecule has 1 aromatic rings. The molecule has 0 spiro atoms. The first-order valence-corrected chi connectivity index (χ1v) is 10.6. The van der Waals surface area contributed by atoms with Gasteiger partial charge in [0.2, 0.25) is 11.8 Å². The van der Waals surface area contributed by atoms with E-state index in [-0.39, 0.29) is 41.4 Å². The molecule has 0 aromatic carbocycles. The number of likely N-dealkylation sites (tertiary alicyclic amines) is 1.